The molecule has 0 aliphatic carbocycles. The van der Waals surface area contributed by atoms with Crippen LogP contribution in [0.1, 0.15) is 5.56 Å². The van der Waals surface area contributed by atoms with Gasteiger partial charge in [0.25, 0.3) is 5.69 Å². The number of nitrogens with one attached hydrogen (secondary N) is 1. The Morgan fingerprint density at radius 1 is 1.12 bits per heavy atom. The smallest absolute Gasteiger partial charge is 0.301 e. The lowest BCUT2D eigenvalue weighted by atomic mass is 10.2. The van der Waals surface area contributed by atoms with Gasteiger partial charge in [-0.15, -0.1) is 0 Å². The molecule has 2 aromatic carbocycles. The van der Waals surface area contributed by atoms with Crippen molar-refractivity contribution in [2.45, 2.75) is 0 Å². The highest BCUT2D eigenvalue weighted by atomic mass is 35.5. The number of ether oxygens (including phenoxy) is 2. The third-order valence-electron chi connectivity index (χ3n) is 3.29. The maximum Gasteiger partial charge on any atom is 0.301 e. The number of hydrazone groups is 1. The van der Waals surface area contributed by atoms with E-state index in [2.05, 4.69) is 10.5 Å². The number of hydrogen-bond acceptors (Lipinski definition) is 8. The van der Waals surface area contributed by atoms with Gasteiger partial charge in [0.05, 0.1) is 41.4 Å². The van der Waals surface area contributed by atoms with Crippen LogP contribution in [-0.2, 0) is 0 Å². The van der Waals surface area contributed by atoms with E-state index in [-0.39, 0.29) is 10.7 Å². The van der Waals surface area contributed by atoms with E-state index >= 15 is 0 Å². The third kappa shape index (κ3) is 3.98. The number of anilines is 1. The Kier molecular flexibility index (Phi) is 5.91. The average molecular weight is 381 g/mol. The molecule has 0 saturated carbocycles. The predicted molar refractivity (Wildman–Crippen MR) is 95.5 cm³/mol. The van der Waals surface area contributed by atoms with Gasteiger partial charge in [-0.05, 0) is 18.2 Å². The zero-order valence-corrected chi connectivity index (χ0v) is 14.4. The van der Waals surface area contributed by atoms with Crippen molar-refractivity contribution in [2.75, 3.05) is 19.6 Å². The van der Waals surface area contributed by atoms with Crippen molar-refractivity contribution in [3.05, 3.63) is 61.1 Å². The van der Waals surface area contributed by atoms with Gasteiger partial charge in [0, 0.05) is 11.6 Å². The lowest BCUT2D eigenvalue weighted by Gasteiger charge is -2.10. The van der Waals surface area contributed by atoms with Crippen LogP contribution >= 0.6 is 11.6 Å². The van der Waals surface area contributed by atoms with Gasteiger partial charge < -0.3 is 9.47 Å². The summed E-state index contributed by atoms with van der Waals surface area (Å²) in [5.74, 6) is 0.757. The molecular formula is C15H13ClN4O6. The standard InChI is InChI=1S/C15H13ClN4O6/c1-25-13-6-3-9(14(16)15(13)26-2)8-17-18-11-5-4-10(19(21)22)7-12(11)20(23)24/h3-8,18H,1-2H3/b17-8+. The van der Waals surface area contributed by atoms with E-state index in [1.807, 2.05) is 0 Å². The van der Waals surface area contributed by atoms with Crippen LogP contribution in [0.15, 0.2) is 35.4 Å². The number of methoxy groups -OCH3 is 2. The topological polar surface area (TPSA) is 129 Å². The van der Waals surface area contributed by atoms with Gasteiger partial charge in [-0.25, -0.2) is 0 Å². The van der Waals surface area contributed by atoms with Crippen molar-refractivity contribution in [2.24, 2.45) is 5.10 Å². The van der Waals surface area contributed by atoms with Crippen LogP contribution in [0.2, 0.25) is 5.02 Å². The summed E-state index contributed by atoms with van der Waals surface area (Å²) < 4.78 is 10.3. The Morgan fingerprint density at radius 3 is 2.42 bits per heavy atom. The number of non-ortho nitro benzene ring substituents is 1. The van der Waals surface area contributed by atoms with Crippen molar-refractivity contribution >= 4 is 34.9 Å². The van der Waals surface area contributed by atoms with Gasteiger partial charge in [-0.3, -0.25) is 25.7 Å². The van der Waals surface area contributed by atoms with Crippen LogP contribution in [0.5, 0.6) is 11.5 Å². The molecule has 0 fully saturated rings. The largest absolute Gasteiger partial charge is 0.493 e. The zero-order chi connectivity index (χ0) is 19.3. The summed E-state index contributed by atoms with van der Waals surface area (Å²) >= 11 is 6.20. The summed E-state index contributed by atoms with van der Waals surface area (Å²) in [5.41, 5.74) is 2.07. The van der Waals surface area contributed by atoms with Crippen LogP contribution in [0.25, 0.3) is 0 Å². The Labute approximate surface area is 152 Å². The number of hydrogen-bond donors (Lipinski definition) is 1. The normalized spacial score (nSPS) is 10.6. The highest BCUT2D eigenvalue weighted by Crippen LogP contribution is 2.36. The molecule has 0 atom stereocenters. The van der Waals surface area contributed by atoms with Gasteiger partial charge >= 0.3 is 5.69 Å². The van der Waals surface area contributed by atoms with Crippen molar-refractivity contribution in [3.8, 4) is 11.5 Å². The molecular weight excluding hydrogens is 368 g/mol. The van der Waals surface area contributed by atoms with E-state index in [0.29, 0.717) is 17.1 Å². The predicted octanol–water partition coefficient (Wildman–Crippen LogP) is 3.62. The van der Waals surface area contributed by atoms with Gasteiger partial charge in [0.2, 0.25) is 0 Å². The lowest BCUT2D eigenvalue weighted by molar-refractivity contribution is -0.393. The first-order chi connectivity index (χ1) is 12.4. The number of nitro benzene ring substituents is 2. The third-order valence-corrected chi connectivity index (χ3v) is 3.68. The summed E-state index contributed by atoms with van der Waals surface area (Å²) in [6.45, 7) is 0. The van der Waals surface area contributed by atoms with Crippen LogP contribution < -0.4 is 14.9 Å². The Balaban J connectivity index is 2.29. The summed E-state index contributed by atoms with van der Waals surface area (Å²) in [5, 5.41) is 25.9. The summed E-state index contributed by atoms with van der Waals surface area (Å²) in [6.07, 6.45) is 1.33. The molecule has 0 aromatic heterocycles. The number of rotatable bonds is 7. The number of nitrogens with zero attached hydrogens (tertiary/aromatic N) is 3. The van der Waals surface area contributed by atoms with E-state index in [1.165, 1.54) is 26.5 Å². The maximum atomic E-state index is 11.1. The molecule has 0 aliphatic rings. The van der Waals surface area contributed by atoms with Crippen LogP contribution in [0.3, 0.4) is 0 Å². The second-order valence-electron chi connectivity index (χ2n) is 4.79. The van der Waals surface area contributed by atoms with Crippen molar-refractivity contribution < 1.29 is 19.3 Å². The Bertz CT molecular complexity index is 887. The summed E-state index contributed by atoms with van der Waals surface area (Å²) in [7, 11) is 2.90. The minimum atomic E-state index is -0.742. The molecule has 11 heteroatoms. The molecule has 0 spiro atoms. The van der Waals surface area contributed by atoms with Crippen molar-refractivity contribution in [3.63, 3.8) is 0 Å². The molecule has 2 aromatic rings. The molecule has 0 aliphatic heterocycles. The lowest BCUT2D eigenvalue weighted by Crippen LogP contribution is -1.99. The molecule has 0 heterocycles. The summed E-state index contributed by atoms with van der Waals surface area (Å²) in [6, 6.07) is 6.43. The molecule has 0 saturated heterocycles. The highest BCUT2D eigenvalue weighted by molar-refractivity contribution is 6.34. The molecule has 0 amide bonds. The molecule has 136 valence electrons. The number of halogens is 1. The molecule has 2 rings (SSSR count). The van der Waals surface area contributed by atoms with Crippen molar-refractivity contribution in [1.82, 2.24) is 0 Å². The molecule has 0 bridgehead atoms. The van der Waals surface area contributed by atoms with Gasteiger partial charge in [0.15, 0.2) is 11.5 Å². The van der Waals surface area contributed by atoms with E-state index in [9.17, 15) is 20.2 Å². The van der Waals surface area contributed by atoms with E-state index in [4.69, 9.17) is 21.1 Å². The Morgan fingerprint density at radius 2 is 1.85 bits per heavy atom. The second kappa shape index (κ2) is 8.12. The molecule has 26 heavy (non-hydrogen) atoms. The minimum Gasteiger partial charge on any atom is -0.493 e. The van der Waals surface area contributed by atoms with Crippen LogP contribution in [0.4, 0.5) is 17.1 Å². The molecule has 0 radical (unpaired) electrons. The van der Waals surface area contributed by atoms with E-state index in [1.54, 1.807) is 12.1 Å². The van der Waals surface area contributed by atoms with Gasteiger partial charge in [0.1, 0.15) is 5.69 Å². The van der Waals surface area contributed by atoms with Crippen LogP contribution in [0, 0.1) is 20.2 Å². The molecule has 0 unspecified atom stereocenters. The maximum absolute atomic E-state index is 11.1. The molecule has 10 nitrogen and oxygen atoms in total. The number of benzene rings is 2. The minimum absolute atomic E-state index is 0.00607. The van der Waals surface area contributed by atoms with Crippen LogP contribution in [-0.4, -0.2) is 30.3 Å². The second-order valence-corrected chi connectivity index (χ2v) is 5.17. The first kappa shape index (κ1) is 18.9. The highest BCUT2D eigenvalue weighted by Gasteiger charge is 2.19. The molecule has 1 N–H and O–H groups in total. The first-order valence-electron chi connectivity index (χ1n) is 7.01. The average Bonchev–Trinajstić information content (AvgIpc) is 2.62. The monoisotopic (exact) mass is 380 g/mol. The van der Waals surface area contributed by atoms with E-state index < -0.39 is 21.2 Å². The van der Waals surface area contributed by atoms with Gasteiger partial charge in [-0.2, -0.15) is 5.10 Å². The summed E-state index contributed by atoms with van der Waals surface area (Å²) in [4.78, 5) is 20.3. The van der Waals surface area contributed by atoms with Gasteiger partial charge in [-0.1, -0.05) is 11.6 Å². The number of nitro groups is 2. The quantitative estimate of drug-likeness (QED) is 0.441. The Hall–Kier alpha value is -3.40. The first-order valence-corrected chi connectivity index (χ1v) is 7.39. The fourth-order valence-electron chi connectivity index (χ4n) is 2.05. The SMILES string of the molecule is COc1ccc(/C=N/Nc2ccc([N+](=O)[O-])cc2[N+](=O)[O-])c(Cl)c1OC. The van der Waals surface area contributed by atoms with Crippen molar-refractivity contribution in [1.29, 1.82) is 0 Å². The fraction of sp³-hybridized carbons (Fsp3) is 0.133. The van der Waals surface area contributed by atoms with E-state index in [0.717, 1.165) is 12.1 Å². The fourth-order valence-corrected chi connectivity index (χ4v) is 2.34. The zero-order valence-electron chi connectivity index (χ0n) is 13.6.